The highest BCUT2D eigenvalue weighted by atomic mass is 35.5. The molecule has 0 bridgehead atoms. The summed E-state index contributed by atoms with van der Waals surface area (Å²) in [5.41, 5.74) is 7.20. The summed E-state index contributed by atoms with van der Waals surface area (Å²) in [6, 6.07) is 11.6. The van der Waals surface area contributed by atoms with E-state index in [1.54, 1.807) is 18.2 Å². The van der Waals surface area contributed by atoms with Gasteiger partial charge in [-0.25, -0.2) is 9.18 Å². The van der Waals surface area contributed by atoms with Crippen molar-refractivity contribution in [3.05, 3.63) is 75.7 Å². The Labute approximate surface area is 157 Å². The highest BCUT2D eigenvalue weighted by Crippen LogP contribution is 2.29. The molecule has 0 saturated carbocycles. The maximum absolute atomic E-state index is 12.9. The molecule has 0 unspecified atom stereocenters. The zero-order valence-corrected chi connectivity index (χ0v) is 14.6. The van der Waals surface area contributed by atoms with E-state index in [2.05, 4.69) is 15.4 Å². The molecule has 6 nitrogen and oxygen atoms in total. The topological polar surface area (TPSA) is 93.4 Å². The number of oxime groups is 1. The van der Waals surface area contributed by atoms with Crippen LogP contribution in [0.25, 0.3) is 11.3 Å². The maximum atomic E-state index is 12.9. The van der Waals surface area contributed by atoms with E-state index in [0.717, 1.165) is 0 Å². The Kier molecular flexibility index (Phi) is 5.20. The number of hydrogen-bond acceptors (Lipinski definition) is 4. The molecule has 9 heteroatoms. The molecule has 1 heterocycles. The van der Waals surface area contributed by atoms with Crippen molar-refractivity contribution in [1.29, 1.82) is 0 Å². The molecular formula is C17H11Cl2FN4O2. The molecule has 0 amide bonds. The first-order chi connectivity index (χ1) is 12.4. The molecule has 0 saturated heterocycles. The van der Waals surface area contributed by atoms with Crippen LogP contribution in [-0.4, -0.2) is 22.0 Å². The average molecular weight is 393 g/mol. The van der Waals surface area contributed by atoms with Gasteiger partial charge in [0.1, 0.15) is 11.5 Å². The van der Waals surface area contributed by atoms with Crippen LogP contribution < -0.4 is 5.73 Å². The third kappa shape index (κ3) is 4.01. The van der Waals surface area contributed by atoms with E-state index in [0.29, 0.717) is 26.9 Å². The fourth-order valence-corrected chi connectivity index (χ4v) is 2.58. The first-order valence-corrected chi connectivity index (χ1v) is 8.01. The highest BCUT2D eigenvalue weighted by molar-refractivity contribution is 6.36. The maximum Gasteiger partial charge on any atom is 0.383 e. The van der Waals surface area contributed by atoms with E-state index < -0.39 is 11.8 Å². The third-order valence-electron chi connectivity index (χ3n) is 3.37. The molecule has 0 spiro atoms. The fourth-order valence-electron chi connectivity index (χ4n) is 2.07. The third-order valence-corrected chi connectivity index (χ3v) is 3.92. The van der Waals surface area contributed by atoms with Crippen molar-refractivity contribution in [2.45, 2.75) is 0 Å². The molecule has 0 fully saturated rings. The second kappa shape index (κ2) is 7.55. The lowest BCUT2D eigenvalue weighted by molar-refractivity contribution is 0.0509. The number of nitrogens with zero attached hydrogens (tertiary/aromatic N) is 2. The molecule has 3 aromatic rings. The molecular weight excluding hydrogens is 382 g/mol. The van der Waals surface area contributed by atoms with Gasteiger partial charge in [0.2, 0.25) is 0 Å². The number of amidine groups is 1. The lowest BCUT2D eigenvalue weighted by Gasteiger charge is -2.00. The molecule has 26 heavy (non-hydrogen) atoms. The zero-order valence-electron chi connectivity index (χ0n) is 13.0. The van der Waals surface area contributed by atoms with Gasteiger partial charge in [0.25, 0.3) is 0 Å². The van der Waals surface area contributed by atoms with Gasteiger partial charge in [-0.15, -0.1) is 0 Å². The lowest BCUT2D eigenvalue weighted by atomic mass is 10.1. The van der Waals surface area contributed by atoms with Crippen LogP contribution in [0, 0.1) is 5.82 Å². The summed E-state index contributed by atoms with van der Waals surface area (Å²) in [7, 11) is 0. The lowest BCUT2D eigenvalue weighted by Crippen LogP contribution is -2.15. The molecule has 0 atom stereocenters. The van der Waals surface area contributed by atoms with E-state index in [4.69, 9.17) is 33.8 Å². The molecule has 0 aliphatic rings. The highest BCUT2D eigenvalue weighted by Gasteiger charge is 2.15. The Morgan fingerprint density at radius 2 is 1.88 bits per heavy atom. The van der Waals surface area contributed by atoms with Crippen molar-refractivity contribution < 1.29 is 14.0 Å². The Bertz CT molecular complexity index is 987. The number of H-pyrrole nitrogens is 1. The molecule has 2 aromatic carbocycles. The quantitative estimate of drug-likeness (QED) is 0.303. The largest absolute Gasteiger partial charge is 0.383 e. The minimum atomic E-state index is -0.793. The van der Waals surface area contributed by atoms with Gasteiger partial charge in [0, 0.05) is 16.1 Å². The van der Waals surface area contributed by atoms with Gasteiger partial charge >= 0.3 is 5.97 Å². The summed E-state index contributed by atoms with van der Waals surface area (Å²) in [6.07, 6.45) is 0. The van der Waals surface area contributed by atoms with Crippen LogP contribution in [-0.2, 0) is 4.84 Å². The van der Waals surface area contributed by atoms with Gasteiger partial charge in [-0.3, -0.25) is 5.10 Å². The number of aromatic amines is 1. The summed E-state index contributed by atoms with van der Waals surface area (Å²) >= 11 is 12.0. The van der Waals surface area contributed by atoms with Crippen molar-refractivity contribution in [2.75, 3.05) is 0 Å². The van der Waals surface area contributed by atoms with E-state index in [1.807, 2.05) is 0 Å². The summed E-state index contributed by atoms with van der Waals surface area (Å²) in [5, 5.41) is 11.0. The molecule has 0 aliphatic heterocycles. The standard InChI is InChI=1S/C17H11Cl2FN4O2/c18-10-3-6-12(13(19)7-10)14-8-15(23-22-14)17(25)26-24-16(21)9-1-4-11(20)5-2-9/h1-8H,(H2,21,24)(H,22,23). The van der Waals surface area contributed by atoms with Crippen molar-refractivity contribution in [3.63, 3.8) is 0 Å². The van der Waals surface area contributed by atoms with Gasteiger partial charge < -0.3 is 10.6 Å². The Balaban J connectivity index is 1.74. The second-order valence-electron chi connectivity index (χ2n) is 5.15. The van der Waals surface area contributed by atoms with Crippen LogP contribution in [0.2, 0.25) is 10.0 Å². The number of aromatic nitrogens is 2. The summed E-state index contributed by atoms with van der Waals surface area (Å²) < 4.78 is 12.9. The fraction of sp³-hybridized carbons (Fsp3) is 0. The van der Waals surface area contributed by atoms with E-state index in [1.165, 1.54) is 30.3 Å². The number of carbonyl (C=O) groups excluding carboxylic acids is 1. The van der Waals surface area contributed by atoms with Crippen molar-refractivity contribution in [3.8, 4) is 11.3 Å². The Hall–Kier alpha value is -2.90. The molecule has 3 rings (SSSR count). The number of halogens is 3. The number of benzene rings is 2. The number of nitrogens with one attached hydrogen (secondary N) is 1. The van der Waals surface area contributed by atoms with Crippen LogP contribution in [0.4, 0.5) is 4.39 Å². The van der Waals surface area contributed by atoms with E-state index in [9.17, 15) is 9.18 Å². The number of nitrogens with two attached hydrogens (primary N) is 1. The van der Waals surface area contributed by atoms with E-state index in [-0.39, 0.29) is 11.5 Å². The smallest absolute Gasteiger partial charge is 0.380 e. The Morgan fingerprint density at radius 3 is 2.58 bits per heavy atom. The molecule has 132 valence electrons. The van der Waals surface area contributed by atoms with Crippen molar-refractivity contribution in [2.24, 2.45) is 10.9 Å². The SMILES string of the molecule is N/C(=N\OC(=O)c1cc(-c2ccc(Cl)cc2Cl)n[nH]1)c1ccc(F)cc1. The van der Waals surface area contributed by atoms with Crippen LogP contribution in [0.5, 0.6) is 0 Å². The number of rotatable bonds is 4. The normalized spacial score (nSPS) is 11.4. The van der Waals surface area contributed by atoms with Crippen LogP contribution in [0.15, 0.2) is 53.7 Å². The minimum absolute atomic E-state index is 0.0571. The van der Waals surface area contributed by atoms with Crippen LogP contribution >= 0.6 is 23.2 Å². The van der Waals surface area contributed by atoms with Gasteiger partial charge in [-0.2, -0.15) is 5.10 Å². The monoisotopic (exact) mass is 392 g/mol. The van der Waals surface area contributed by atoms with Crippen LogP contribution in [0.1, 0.15) is 16.1 Å². The average Bonchev–Trinajstić information content (AvgIpc) is 3.10. The summed E-state index contributed by atoms with van der Waals surface area (Å²) in [6.45, 7) is 0. The number of carbonyl (C=O) groups is 1. The molecule has 3 N–H and O–H groups in total. The summed E-state index contributed by atoms with van der Waals surface area (Å²) in [4.78, 5) is 16.8. The molecule has 1 aromatic heterocycles. The molecule has 0 radical (unpaired) electrons. The van der Waals surface area contributed by atoms with Gasteiger partial charge in [-0.05, 0) is 48.5 Å². The van der Waals surface area contributed by atoms with E-state index >= 15 is 0 Å². The first kappa shape index (κ1) is 17.9. The number of hydrogen-bond donors (Lipinski definition) is 2. The van der Waals surface area contributed by atoms with Crippen molar-refractivity contribution >= 4 is 35.0 Å². The minimum Gasteiger partial charge on any atom is -0.380 e. The van der Waals surface area contributed by atoms with Gasteiger partial charge in [0.05, 0.1) is 10.7 Å². The van der Waals surface area contributed by atoms with Crippen LogP contribution in [0.3, 0.4) is 0 Å². The first-order valence-electron chi connectivity index (χ1n) is 7.25. The summed E-state index contributed by atoms with van der Waals surface area (Å²) in [5.74, 6) is -1.28. The van der Waals surface area contributed by atoms with Gasteiger partial charge in [-0.1, -0.05) is 28.4 Å². The predicted molar refractivity (Wildman–Crippen MR) is 96.6 cm³/mol. The molecule has 0 aliphatic carbocycles. The predicted octanol–water partition coefficient (Wildman–Crippen LogP) is 4.00. The zero-order chi connectivity index (χ0) is 18.7. The van der Waals surface area contributed by atoms with Gasteiger partial charge in [0.15, 0.2) is 5.84 Å². The van der Waals surface area contributed by atoms with Crippen molar-refractivity contribution in [1.82, 2.24) is 10.2 Å². The Morgan fingerprint density at radius 1 is 1.15 bits per heavy atom. The second-order valence-corrected chi connectivity index (χ2v) is 6.00.